The van der Waals surface area contributed by atoms with Crippen molar-refractivity contribution in [2.75, 3.05) is 6.54 Å². The van der Waals surface area contributed by atoms with Crippen LogP contribution in [0.15, 0.2) is 42.6 Å². The molecule has 1 atom stereocenters. The summed E-state index contributed by atoms with van der Waals surface area (Å²) in [5.74, 6) is 0. The van der Waals surface area contributed by atoms with Crippen LogP contribution in [0.2, 0.25) is 0 Å². The van der Waals surface area contributed by atoms with Crippen molar-refractivity contribution in [2.24, 2.45) is 5.73 Å². The van der Waals surface area contributed by atoms with Gasteiger partial charge in [0.05, 0.1) is 6.54 Å². The molecule has 0 aliphatic rings. The number of hydrogen-bond acceptors (Lipinski definition) is 3. The number of alkyl halides is 3. The Morgan fingerprint density at radius 3 is 2.30 bits per heavy atom. The molecule has 0 saturated carbocycles. The summed E-state index contributed by atoms with van der Waals surface area (Å²) in [5, 5.41) is 13.9. The highest BCUT2D eigenvalue weighted by Crippen LogP contribution is 2.28. The molecule has 1 unspecified atom stereocenters. The van der Waals surface area contributed by atoms with Crippen LogP contribution >= 0.6 is 0 Å². The number of hydrogen-bond donors (Lipinski definition) is 2. The van der Waals surface area contributed by atoms with Crippen LogP contribution in [0.4, 0.5) is 13.2 Å². The lowest BCUT2D eigenvalue weighted by molar-refractivity contribution is -0.141. The van der Waals surface area contributed by atoms with Crippen molar-refractivity contribution in [2.45, 2.75) is 18.3 Å². The van der Waals surface area contributed by atoms with Crippen molar-refractivity contribution in [3.63, 3.8) is 0 Å². The summed E-state index contributed by atoms with van der Waals surface area (Å²) >= 11 is 0. The number of rotatable bonds is 4. The number of benzene rings is 1. The van der Waals surface area contributed by atoms with Crippen molar-refractivity contribution in [3.8, 4) is 0 Å². The smallest absolute Gasteiger partial charge is 0.382 e. The molecule has 0 aliphatic carbocycles. The summed E-state index contributed by atoms with van der Waals surface area (Å²) in [4.78, 5) is 0. The van der Waals surface area contributed by atoms with Gasteiger partial charge in [0.2, 0.25) is 0 Å². The summed E-state index contributed by atoms with van der Waals surface area (Å²) in [7, 11) is 0. The molecule has 2 aromatic rings. The molecule has 3 N–H and O–H groups in total. The molecule has 0 fully saturated rings. The van der Waals surface area contributed by atoms with Crippen molar-refractivity contribution in [1.82, 2.24) is 9.78 Å². The normalized spacial score (nSPS) is 15.1. The lowest BCUT2D eigenvalue weighted by Crippen LogP contribution is -2.39. The van der Waals surface area contributed by atoms with E-state index in [2.05, 4.69) is 5.10 Å². The van der Waals surface area contributed by atoms with Crippen LogP contribution in [-0.4, -0.2) is 21.4 Å². The van der Waals surface area contributed by atoms with Gasteiger partial charge in [0.25, 0.3) is 0 Å². The Bertz CT molecular complexity index is 568. The van der Waals surface area contributed by atoms with E-state index in [1.165, 1.54) is 6.20 Å². The summed E-state index contributed by atoms with van der Waals surface area (Å²) in [6.07, 6.45) is -3.33. The van der Waals surface area contributed by atoms with E-state index in [-0.39, 0.29) is 13.1 Å². The Kier molecular flexibility index (Phi) is 3.82. The maximum atomic E-state index is 12.5. The third-order valence-electron chi connectivity index (χ3n) is 3.00. The van der Waals surface area contributed by atoms with Gasteiger partial charge in [-0.2, -0.15) is 18.3 Å². The van der Waals surface area contributed by atoms with Crippen LogP contribution in [0.1, 0.15) is 11.3 Å². The fraction of sp³-hybridized carbons (Fsp3) is 0.308. The van der Waals surface area contributed by atoms with Gasteiger partial charge < -0.3 is 10.8 Å². The molecular formula is C13H14F3N3O. The zero-order valence-electron chi connectivity index (χ0n) is 10.5. The second kappa shape index (κ2) is 5.26. The molecule has 7 heteroatoms. The molecule has 1 heterocycles. The summed E-state index contributed by atoms with van der Waals surface area (Å²) in [5.41, 5.74) is 3.64. The number of nitrogens with zero attached hydrogens (tertiary/aromatic N) is 2. The van der Waals surface area contributed by atoms with E-state index in [9.17, 15) is 18.3 Å². The predicted molar refractivity (Wildman–Crippen MR) is 66.6 cm³/mol. The average Bonchev–Trinajstić information content (AvgIpc) is 2.88. The van der Waals surface area contributed by atoms with Crippen molar-refractivity contribution >= 4 is 0 Å². The van der Waals surface area contributed by atoms with Gasteiger partial charge >= 0.3 is 6.18 Å². The quantitative estimate of drug-likeness (QED) is 0.899. The van der Waals surface area contributed by atoms with Gasteiger partial charge in [0.15, 0.2) is 5.69 Å². The molecule has 20 heavy (non-hydrogen) atoms. The van der Waals surface area contributed by atoms with Gasteiger partial charge in [-0.15, -0.1) is 0 Å². The monoisotopic (exact) mass is 285 g/mol. The number of halogens is 3. The Morgan fingerprint density at radius 2 is 1.80 bits per heavy atom. The third kappa shape index (κ3) is 3.00. The number of aliphatic hydroxyl groups is 1. The minimum atomic E-state index is -4.50. The number of aromatic nitrogens is 2. The maximum Gasteiger partial charge on any atom is 0.435 e. The standard InChI is InChI=1S/C13H14F3N3O/c14-13(15,16)11-6-7-19(18-11)9-12(20,8-17)10-4-2-1-3-5-10/h1-7,20H,8-9,17H2. The van der Waals surface area contributed by atoms with Gasteiger partial charge in [-0.25, -0.2) is 0 Å². The van der Waals surface area contributed by atoms with E-state index in [4.69, 9.17) is 5.73 Å². The lowest BCUT2D eigenvalue weighted by atomic mass is 9.94. The molecule has 0 radical (unpaired) electrons. The van der Waals surface area contributed by atoms with E-state index in [1.807, 2.05) is 0 Å². The minimum Gasteiger partial charge on any atom is -0.382 e. The second-order valence-corrected chi connectivity index (χ2v) is 4.50. The highest BCUT2D eigenvalue weighted by molar-refractivity contribution is 5.22. The Hall–Kier alpha value is -1.86. The van der Waals surface area contributed by atoms with Gasteiger partial charge in [0.1, 0.15) is 5.60 Å². The Morgan fingerprint density at radius 1 is 1.15 bits per heavy atom. The first-order valence-electron chi connectivity index (χ1n) is 5.94. The van der Waals surface area contributed by atoms with Crippen LogP contribution in [0.25, 0.3) is 0 Å². The zero-order valence-corrected chi connectivity index (χ0v) is 10.5. The highest BCUT2D eigenvalue weighted by atomic mass is 19.4. The topological polar surface area (TPSA) is 64.1 Å². The molecule has 4 nitrogen and oxygen atoms in total. The third-order valence-corrected chi connectivity index (χ3v) is 3.00. The largest absolute Gasteiger partial charge is 0.435 e. The summed E-state index contributed by atoms with van der Waals surface area (Å²) in [6, 6.07) is 9.42. The van der Waals surface area contributed by atoms with E-state index in [0.717, 1.165) is 10.7 Å². The van der Waals surface area contributed by atoms with E-state index >= 15 is 0 Å². The zero-order chi connectivity index (χ0) is 14.8. The van der Waals surface area contributed by atoms with Gasteiger partial charge in [-0.1, -0.05) is 30.3 Å². The van der Waals surface area contributed by atoms with E-state index in [1.54, 1.807) is 30.3 Å². The first kappa shape index (κ1) is 14.5. The van der Waals surface area contributed by atoms with Crippen molar-refractivity contribution in [1.29, 1.82) is 0 Å². The molecular weight excluding hydrogens is 271 g/mol. The molecule has 0 spiro atoms. The first-order valence-corrected chi connectivity index (χ1v) is 5.94. The van der Waals surface area contributed by atoms with Crippen LogP contribution < -0.4 is 5.73 Å². The van der Waals surface area contributed by atoms with Gasteiger partial charge in [-0.05, 0) is 11.6 Å². The molecule has 108 valence electrons. The molecule has 1 aromatic heterocycles. The summed E-state index contributed by atoms with van der Waals surface area (Å²) < 4.78 is 38.5. The molecule has 1 aromatic carbocycles. The van der Waals surface area contributed by atoms with Crippen molar-refractivity contribution in [3.05, 3.63) is 53.9 Å². The Labute approximate surface area is 113 Å². The SMILES string of the molecule is NCC(O)(Cn1ccc(C(F)(F)F)n1)c1ccccc1. The molecule has 2 rings (SSSR count). The number of nitrogens with two attached hydrogens (primary N) is 1. The highest BCUT2D eigenvalue weighted by Gasteiger charge is 2.35. The van der Waals surface area contributed by atoms with E-state index in [0.29, 0.717) is 5.56 Å². The van der Waals surface area contributed by atoms with E-state index < -0.39 is 17.5 Å². The second-order valence-electron chi connectivity index (χ2n) is 4.50. The van der Waals surface area contributed by atoms with Crippen LogP contribution in [0.3, 0.4) is 0 Å². The van der Waals surface area contributed by atoms with Gasteiger partial charge in [0, 0.05) is 12.7 Å². The maximum absolute atomic E-state index is 12.5. The molecule has 0 amide bonds. The predicted octanol–water partition coefficient (Wildman–Crippen LogP) is 1.75. The molecule has 0 aliphatic heterocycles. The summed E-state index contributed by atoms with van der Waals surface area (Å²) in [6.45, 7) is -0.276. The first-order chi connectivity index (χ1) is 9.35. The minimum absolute atomic E-state index is 0.127. The van der Waals surface area contributed by atoms with Crippen LogP contribution in [0.5, 0.6) is 0 Å². The van der Waals surface area contributed by atoms with Crippen LogP contribution in [0, 0.1) is 0 Å². The fourth-order valence-electron chi connectivity index (χ4n) is 1.89. The average molecular weight is 285 g/mol. The molecule has 0 bridgehead atoms. The fourth-order valence-corrected chi connectivity index (χ4v) is 1.89. The van der Waals surface area contributed by atoms with Gasteiger partial charge in [-0.3, -0.25) is 4.68 Å². The lowest BCUT2D eigenvalue weighted by Gasteiger charge is -2.27. The molecule has 0 saturated heterocycles. The van der Waals surface area contributed by atoms with Crippen LogP contribution in [-0.2, 0) is 18.3 Å². The Balaban J connectivity index is 2.25. The van der Waals surface area contributed by atoms with Crippen molar-refractivity contribution < 1.29 is 18.3 Å².